The number of aliphatic hydroxyl groups is 1. The fourth-order valence-corrected chi connectivity index (χ4v) is 8.31. The molecule has 0 spiro atoms. The van der Waals surface area contributed by atoms with Crippen molar-refractivity contribution in [3.8, 4) is 23.1 Å². The van der Waals surface area contributed by atoms with E-state index < -0.39 is 115 Å². The normalized spacial score (nSPS) is 16.2. The Labute approximate surface area is 447 Å². The van der Waals surface area contributed by atoms with Crippen molar-refractivity contribution < 1.29 is 82.4 Å². The SMILES string of the molecule is COC(=O)NC(C(=O)N[C@@H](Cc1ccc(C#Cc2ccc(N3CCN(C4COC4)CC3)nc2)cc1)[C@@H](O)CN(Cc1c(F)cc(-c2ccn(C(F)F)n2)cc1F)NC(=O)C(NC(=O)OC)C(C)(C)C(F)(F)F)C(C)(C)C(F)(F)F. The number of nitrogens with zero attached hydrogens (tertiary/aromatic N) is 6. The highest BCUT2D eigenvalue weighted by atomic mass is 19.4. The number of alkyl carbamates (subject to hydrolysis) is 2. The van der Waals surface area contributed by atoms with Crippen LogP contribution in [0.25, 0.3) is 11.3 Å². The second-order valence-corrected chi connectivity index (χ2v) is 19.8. The van der Waals surface area contributed by atoms with Gasteiger partial charge in [-0.1, -0.05) is 24.0 Å². The number of aliphatic hydroxyl groups excluding tert-OH is 1. The number of anilines is 1. The average Bonchev–Trinajstić information content (AvgIpc) is 3.90. The lowest BCUT2D eigenvalue weighted by Gasteiger charge is -2.42. The van der Waals surface area contributed by atoms with E-state index >= 15 is 8.78 Å². The number of benzene rings is 2. The molecular weight excluding hydrogens is 1070 g/mol. The zero-order valence-corrected chi connectivity index (χ0v) is 43.4. The van der Waals surface area contributed by atoms with Crippen LogP contribution in [0, 0.1) is 34.3 Å². The molecule has 2 unspecified atom stereocenters. The quantitative estimate of drug-likeness (QED) is 0.0411. The van der Waals surface area contributed by atoms with Crippen LogP contribution in [0.5, 0.6) is 0 Å². The summed E-state index contributed by atoms with van der Waals surface area (Å²) in [6.07, 6.45) is -13.6. The van der Waals surface area contributed by atoms with E-state index in [0.717, 1.165) is 71.7 Å². The van der Waals surface area contributed by atoms with Gasteiger partial charge in [0, 0.05) is 73.9 Å². The number of piperazine rings is 1. The van der Waals surface area contributed by atoms with Gasteiger partial charge in [-0.05, 0) is 82.1 Å². The minimum atomic E-state index is -5.23. The molecule has 5 N–H and O–H groups in total. The predicted octanol–water partition coefficient (Wildman–Crippen LogP) is 6.09. The summed E-state index contributed by atoms with van der Waals surface area (Å²) in [5.74, 6) is 0.690. The lowest BCUT2D eigenvalue weighted by Crippen LogP contribution is -2.63. The second-order valence-electron chi connectivity index (χ2n) is 19.8. The van der Waals surface area contributed by atoms with Crippen LogP contribution in [-0.2, 0) is 36.8 Å². The minimum absolute atomic E-state index is 0.197. The molecule has 28 heteroatoms. The predicted molar refractivity (Wildman–Crippen MR) is 262 cm³/mol. The Hall–Kier alpha value is -7.22. The van der Waals surface area contributed by atoms with Crippen LogP contribution in [0.3, 0.4) is 0 Å². The molecule has 0 bridgehead atoms. The van der Waals surface area contributed by atoms with Gasteiger partial charge in [-0.3, -0.25) is 19.9 Å². The molecule has 79 heavy (non-hydrogen) atoms. The van der Waals surface area contributed by atoms with E-state index in [2.05, 4.69) is 46.5 Å². The zero-order valence-electron chi connectivity index (χ0n) is 43.4. The highest BCUT2D eigenvalue weighted by Gasteiger charge is 2.57. The van der Waals surface area contributed by atoms with Gasteiger partial charge >= 0.3 is 31.1 Å². The molecule has 4 atom stereocenters. The first-order valence-corrected chi connectivity index (χ1v) is 24.3. The van der Waals surface area contributed by atoms with Gasteiger partial charge in [0.2, 0.25) is 5.91 Å². The van der Waals surface area contributed by atoms with Gasteiger partial charge in [-0.15, -0.1) is 0 Å². The van der Waals surface area contributed by atoms with Crippen molar-refractivity contribution in [1.82, 2.24) is 46.0 Å². The van der Waals surface area contributed by atoms with Gasteiger partial charge in [-0.2, -0.15) is 40.2 Å². The molecule has 0 saturated carbocycles. The molecule has 4 aromatic rings. The second kappa shape index (κ2) is 25.3. The van der Waals surface area contributed by atoms with Crippen LogP contribution in [0.4, 0.5) is 59.3 Å². The number of hydrogen-bond donors (Lipinski definition) is 5. The minimum Gasteiger partial charge on any atom is -0.453 e. The zero-order chi connectivity index (χ0) is 58.2. The third-order valence-corrected chi connectivity index (χ3v) is 13.7. The Kier molecular flexibility index (Phi) is 19.5. The van der Waals surface area contributed by atoms with Gasteiger partial charge in [0.1, 0.15) is 29.5 Å². The molecule has 6 rings (SSSR count). The third kappa shape index (κ3) is 15.1. The van der Waals surface area contributed by atoms with Gasteiger partial charge in [-0.25, -0.2) is 33.0 Å². The van der Waals surface area contributed by atoms with Gasteiger partial charge in [0.05, 0.1) is 62.1 Å². The summed E-state index contributed by atoms with van der Waals surface area (Å²) in [5, 5.41) is 22.0. The maximum atomic E-state index is 16.0. The molecule has 430 valence electrons. The molecule has 2 aliphatic rings. The molecule has 18 nitrogen and oxygen atoms in total. The number of pyridine rings is 1. The van der Waals surface area contributed by atoms with E-state index in [9.17, 15) is 59.4 Å². The molecule has 0 radical (unpaired) electrons. The van der Waals surface area contributed by atoms with Crippen LogP contribution in [0.15, 0.2) is 67.0 Å². The largest absolute Gasteiger partial charge is 0.453 e. The smallest absolute Gasteiger partial charge is 0.407 e. The Balaban J connectivity index is 1.32. The summed E-state index contributed by atoms with van der Waals surface area (Å²) in [5.41, 5.74) is -4.45. The number of ether oxygens (including phenoxy) is 3. The van der Waals surface area contributed by atoms with E-state index in [1.54, 1.807) is 17.6 Å². The van der Waals surface area contributed by atoms with Crippen molar-refractivity contribution >= 4 is 29.8 Å². The Morgan fingerprint density at radius 1 is 0.785 bits per heavy atom. The molecule has 2 aromatic carbocycles. The van der Waals surface area contributed by atoms with E-state index in [1.165, 1.54) is 24.3 Å². The first-order chi connectivity index (χ1) is 37.0. The maximum absolute atomic E-state index is 16.0. The van der Waals surface area contributed by atoms with Crippen molar-refractivity contribution in [2.75, 3.05) is 65.1 Å². The summed E-state index contributed by atoms with van der Waals surface area (Å²) in [6.45, 7) is 1.62. The van der Waals surface area contributed by atoms with Gasteiger partial charge in [0.15, 0.2) is 0 Å². The van der Waals surface area contributed by atoms with Crippen molar-refractivity contribution in [2.24, 2.45) is 10.8 Å². The molecule has 4 amide bonds. The standard InChI is InChI=1S/C51H58F10N10O8/c1-48(2,50(56,57)58)41(64-46(75)77-5)43(73)63-38(21-30-10-7-29(8-11-30)9-12-31-13-14-40(62-24-31)69-19-17-68(18-20-69)33-27-79-28-33)39(72)26-70(67-44(74)42(65-47(76)78-6)49(3,4)51(59,60)61)25-34-35(52)22-32(23-36(34)53)37-15-16-71(66-37)45(54)55/h7-8,10-11,13-16,22-24,33,38-39,41-42,45,72H,17-21,25-28H2,1-6H3,(H,63,73)(H,64,75)(H,65,76)(H,67,74)/t38-,39-,41?,42?/m0/s1. The fourth-order valence-electron chi connectivity index (χ4n) is 8.31. The van der Waals surface area contributed by atoms with Crippen molar-refractivity contribution in [2.45, 2.75) is 89.8 Å². The first-order valence-electron chi connectivity index (χ1n) is 24.3. The van der Waals surface area contributed by atoms with Gasteiger partial charge in [0.25, 0.3) is 5.91 Å². The maximum Gasteiger partial charge on any atom is 0.407 e. The number of aromatic nitrogens is 3. The monoisotopic (exact) mass is 1130 g/mol. The van der Waals surface area contributed by atoms with E-state index in [0.29, 0.717) is 62.0 Å². The average molecular weight is 1130 g/mol. The molecule has 2 fully saturated rings. The molecular formula is C51H58F10N10O8. The lowest BCUT2D eigenvalue weighted by molar-refractivity contribution is -0.221. The molecule has 2 aliphatic heterocycles. The van der Waals surface area contributed by atoms with Crippen molar-refractivity contribution in [3.05, 3.63) is 101 Å². The molecule has 2 aromatic heterocycles. The summed E-state index contributed by atoms with van der Waals surface area (Å²) >= 11 is 0. The summed E-state index contributed by atoms with van der Waals surface area (Å²) in [6, 6.07) is 5.66. The van der Waals surface area contributed by atoms with Crippen LogP contribution in [0.1, 0.15) is 56.5 Å². The van der Waals surface area contributed by atoms with Crippen LogP contribution < -0.4 is 26.3 Å². The van der Waals surface area contributed by atoms with Gasteiger partial charge < -0.3 is 40.2 Å². The number of hydrogen-bond acceptors (Lipinski definition) is 13. The Morgan fingerprint density at radius 3 is 1.81 bits per heavy atom. The third-order valence-electron chi connectivity index (χ3n) is 13.7. The summed E-state index contributed by atoms with van der Waals surface area (Å²) < 4.78 is 160. The number of halogens is 10. The van der Waals surface area contributed by atoms with Crippen LogP contribution in [0.2, 0.25) is 0 Å². The number of rotatable bonds is 19. The topological polar surface area (TPSA) is 205 Å². The van der Waals surface area contributed by atoms with Crippen LogP contribution in [-0.4, -0.2) is 157 Å². The molecule has 4 heterocycles. The van der Waals surface area contributed by atoms with Crippen LogP contribution >= 0.6 is 0 Å². The number of carbonyl (C=O) groups excluding carboxylic acids is 4. The number of alkyl halides is 8. The van der Waals surface area contributed by atoms with E-state index in [1.807, 2.05) is 16.8 Å². The lowest BCUT2D eigenvalue weighted by atomic mass is 9.82. The van der Waals surface area contributed by atoms with E-state index in [-0.39, 0.29) is 21.5 Å². The highest BCUT2D eigenvalue weighted by molar-refractivity contribution is 5.87. The Bertz CT molecular complexity index is 2810. The highest BCUT2D eigenvalue weighted by Crippen LogP contribution is 2.42. The number of methoxy groups -OCH3 is 2. The number of hydrazine groups is 1. The van der Waals surface area contributed by atoms with Crippen molar-refractivity contribution in [1.29, 1.82) is 0 Å². The Morgan fingerprint density at radius 2 is 1.33 bits per heavy atom. The number of carbonyl (C=O) groups is 4. The number of amides is 4. The van der Waals surface area contributed by atoms with Crippen molar-refractivity contribution in [3.63, 3.8) is 0 Å². The summed E-state index contributed by atoms with van der Waals surface area (Å²) in [7, 11) is 1.60. The summed E-state index contributed by atoms with van der Waals surface area (Å²) in [4.78, 5) is 61.9. The van der Waals surface area contributed by atoms with E-state index in [4.69, 9.17) is 4.74 Å². The fraction of sp³-hybridized carbons (Fsp3) is 0.490. The molecule has 0 aliphatic carbocycles. The molecule has 2 saturated heterocycles. The number of nitrogens with one attached hydrogen (secondary N) is 4. The first kappa shape index (κ1) is 61.0.